The molecule has 0 fully saturated rings. The van der Waals surface area contributed by atoms with E-state index in [1.54, 1.807) is 6.08 Å². The molecule has 49 heavy (non-hydrogen) atoms. The number of aliphatic hydroxyl groups excluding tert-OH is 1. The Hall–Kier alpha value is -3.60. The van der Waals surface area contributed by atoms with Crippen LogP contribution in [0.3, 0.4) is 0 Å². The smallest absolute Gasteiger partial charge is 0.308 e. The third-order valence-corrected chi connectivity index (χ3v) is 19.3. The number of rotatable bonds is 15. The minimum absolute atomic E-state index is 0.0753. The van der Waals surface area contributed by atoms with E-state index in [2.05, 4.69) is 139 Å². The third kappa shape index (κ3) is 8.77. The molecule has 260 valence electrons. The molecule has 2 atom stereocenters. The standard InChI is InChI=1S/C42H54O5Si2/c1-8-45-40(44)33-35(47-49(42(5,6)7,38-27-17-11-18-28-38)39-29-19-12-20-30-39)32-34(22-21-31-43)46-48(41(2,3)4,36-23-13-9-14-24-36)37-25-15-10-16-26-37/h9-30,34-35,43H,8,31-33H2,1-7H3/b22-21+. The third-order valence-electron chi connectivity index (χ3n) is 9.16. The van der Waals surface area contributed by atoms with E-state index in [1.807, 2.05) is 37.3 Å². The van der Waals surface area contributed by atoms with Gasteiger partial charge in [-0.05, 0) is 37.7 Å². The number of ether oxygens (including phenoxy) is 1. The predicted octanol–water partition coefficient (Wildman–Crippen LogP) is 6.77. The summed E-state index contributed by atoms with van der Waals surface area (Å²) in [6.45, 7) is 15.5. The van der Waals surface area contributed by atoms with E-state index < -0.39 is 28.8 Å². The largest absolute Gasteiger partial charge is 0.466 e. The van der Waals surface area contributed by atoms with Gasteiger partial charge in [0, 0.05) is 6.42 Å². The van der Waals surface area contributed by atoms with Crippen LogP contribution in [0.25, 0.3) is 0 Å². The summed E-state index contributed by atoms with van der Waals surface area (Å²) in [5, 5.41) is 14.0. The van der Waals surface area contributed by atoms with Crippen molar-refractivity contribution in [3.63, 3.8) is 0 Å². The van der Waals surface area contributed by atoms with Crippen molar-refractivity contribution in [3.8, 4) is 0 Å². The highest BCUT2D eigenvalue weighted by atomic mass is 28.4. The Bertz CT molecular complexity index is 1520. The maximum atomic E-state index is 13.4. The number of benzene rings is 4. The van der Waals surface area contributed by atoms with E-state index in [4.69, 9.17) is 13.6 Å². The van der Waals surface area contributed by atoms with Crippen LogP contribution in [0.15, 0.2) is 133 Å². The molecular formula is C42H54O5Si2. The van der Waals surface area contributed by atoms with Crippen LogP contribution in [0.1, 0.15) is 61.3 Å². The van der Waals surface area contributed by atoms with Gasteiger partial charge in [-0.3, -0.25) is 4.79 Å². The second kappa shape index (κ2) is 16.9. The van der Waals surface area contributed by atoms with Gasteiger partial charge in [0.1, 0.15) is 0 Å². The maximum Gasteiger partial charge on any atom is 0.308 e. The number of hydrogen-bond acceptors (Lipinski definition) is 5. The quantitative estimate of drug-likeness (QED) is 0.0846. The molecule has 0 saturated heterocycles. The van der Waals surface area contributed by atoms with Gasteiger partial charge in [-0.15, -0.1) is 0 Å². The minimum atomic E-state index is -3.05. The molecule has 4 aromatic rings. The van der Waals surface area contributed by atoms with Crippen LogP contribution in [0.5, 0.6) is 0 Å². The van der Waals surface area contributed by atoms with E-state index in [9.17, 15) is 9.90 Å². The Labute approximate surface area is 296 Å². The molecule has 0 spiro atoms. The lowest BCUT2D eigenvalue weighted by Crippen LogP contribution is -2.69. The highest BCUT2D eigenvalue weighted by Crippen LogP contribution is 2.40. The first-order valence-electron chi connectivity index (χ1n) is 17.4. The molecule has 4 aromatic carbocycles. The zero-order chi connectivity index (χ0) is 35.5. The number of hydrogen-bond donors (Lipinski definition) is 1. The van der Waals surface area contributed by atoms with Crippen molar-refractivity contribution in [3.05, 3.63) is 133 Å². The van der Waals surface area contributed by atoms with Gasteiger partial charge in [-0.2, -0.15) is 0 Å². The fourth-order valence-corrected chi connectivity index (χ4v) is 16.4. The van der Waals surface area contributed by atoms with E-state index in [1.165, 1.54) is 0 Å². The molecule has 0 saturated carbocycles. The first-order valence-corrected chi connectivity index (χ1v) is 21.2. The van der Waals surface area contributed by atoms with Crippen molar-refractivity contribution in [1.29, 1.82) is 0 Å². The first kappa shape index (κ1) is 38.2. The highest BCUT2D eigenvalue weighted by molar-refractivity contribution is 7.00. The summed E-state index contributed by atoms with van der Waals surface area (Å²) in [5.41, 5.74) is 0. The predicted molar refractivity (Wildman–Crippen MR) is 207 cm³/mol. The number of carbonyl (C=O) groups excluding carboxylic acids is 1. The van der Waals surface area contributed by atoms with Gasteiger partial charge in [-0.1, -0.05) is 175 Å². The molecule has 0 aliphatic heterocycles. The van der Waals surface area contributed by atoms with Crippen molar-refractivity contribution < 1.29 is 23.5 Å². The molecule has 0 aliphatic rings. The van der Waals surface area contributed by atoms with Crippen molar-refractivity contribution in [2.75, 3.05) is 13.2 Å². The molecule has 2 unspecified atom stereocenters. The van der Waals surface area contributed by atoms with Crippen molar-refractivity contribution in [2.24, 2.45) is 0 Å². The topological polar surface area (TPSA) is 65.0 Å². The molecule has 0 amide bonds. The summed E-state index contributed by atoms with van der Waals surface area (Å²) in [5.74, 6) is -0.305. The van der Waals surface area contributed by atoms with Crippen molar-refractivity contribution >= 4 is 43.4 Å². The van der Waals surface area contributed by atoms with E-state index in [-0.39, 0.29) is 35.7 Å². The fraction of sp³-hybridized carbons (Fsp3) is 0.357. The number of aliphatic hydroxyl groups is 1. The van der Waals surface area contributed by atoms with Crippen LogP contribution in [0.2, 0.25) is 10.1 Å². The maximum absolute atomic E-state index is 13.4. The molecule has 7 heteroatoms. The van der Waals surface area contributed by atoms with Crippen LogP contribution in [0.4, 0.5) is 0 Å². The molecule has 0 radical (unpaired) electrons. The van der Waals surface area contributed by atoms with E-state index in [0.29, 0.717) is 6.42 Å². The van der Waals surface area contributed by atoms with Crippen LogP contribution < -0.4 is 20.7 Å². The second-order valence-corrected chi connectivity index (χ2v) is 23.1. The summed E-state index contributed by atoms with van der Waals surface area (Å²) < 4.78 is 20.7. The Kier molecular flexibility index (Phi) is 13.2. The van der Waals surface area contributed by atoms with Gasteiger partial charge in [0.15, 0.2) is 0 Å². The monoisotopic (exact) mass is 694 g/mol. The fourth-order valence-electron chi connectivity index (χ4n) is 7.08. The summed E-state index contributed by atoms with van der Waals surface area (Å²) in [7, 11) is -6.05. The first-order chi connectivity index (χ1) is 23.4. The highest BCUT2D eigenvalue weighted by Gasteiger charge is 2.54. The zero-order valence-electron chi connectivity index (χ0n) is 30.3. The average molecular weight is 695 g/mol. The van der Waals surface area contributed by atoms with Crippen LogP contribution in [0, 0.1) is 0 Å². The Morgan fingerprint density at radius 3 is 1.35 bits per heavy atom. The van der Waals surface area contributed by atoms with Gasteiger partial charge in [0.05, 0.1) is 31.8 Å². The summed E-state index contributed by atoms with van der Waals surface area (Å²) in [6.07, 6.45) is 3.14. The SMILES string of the molecule is CCOC(=O)CC(CC(/C=C/CO)O[Si](c1ccccc1)(c1ccccc1)C(C)(C)C)O[Si](c1ccccc1)(c1ccccc1)C(C)(C)C. The van der Waals surface area contributed by atoms with Gasteiger partial charge in [0.25, 0.3) is 16.6 Å². The Balaban J connectivity index is 1.91. The van der Waals surface area contributed by atoms with Crippen LogP contribution in [-0.4, -0.2) is 53.1 Å². The Morgan fingerprint density at radius 1 is 0.653 bits per heavy atom. The lowest BCUT2D eigenvalue weighted by molar-refractivity contribution is -0.145. The van der Waals surface area contributed by atoms with Crippen LogP contribution in [-0.2, 0) is 18.4 Å². The lowest BCUT2D eigenvalue weighted by atomic mass is 10.1. The molecule has 0 heterocycles. The summed E-state index contributed by atoms with van der Waals surface area (Å²) in [6, 6.07) is 42.0. The van der Waals surface area contributed by atoms with Gasteiger partial charge in [0.2, 0.25) is 0 Å². The Morgan fingerprint density at radius 2 is 1.02 bits per heavy atom. The molecule has 1 N–H and O–H groups in total. The van der Waals surface area contributed by atoms with Gasteiger partial charge < -0.3 is 18.7 Å². The van der Waals surface area contributed by atoms with E-state index in [0.717, 1.165) is 20.7 Å². The molecular weight excluding hydrogens is 641 g/mol. The zero-order valence-corrected chi connectivity index (χ0v) is 32.3. The van der Waals surface area contributed by atoms with Crippen molar-refractivity contribution in [2.45, 2.75) is 83.6 Å². The van der Waals surface area contributed by atoms with Crippen LogP contribution >= 0.6 is 0 Å². The molecule has 0 bridgehead atoms. The van der Waals surface area contributed by atoms with Crippen molar-refractivity contribution in [1.82, 2.24) is 0 Å². The normalized spacial score (nSPS) is 14.0. The number of carbonyl (C=O) groups is 1. The number of esters is 1. The van der Waals surface area contributed by atoms with Gasteiger partial charge >= 0.3 is 5.97 Å². The average Bonchev–Trinajstić information content (AvgIpc) is 3.08. The minimum Gasteiger partial charge on any atom is -0.466 e. The summed E-state index contributed by atoms with van der Waals surface area (Å²) >= 11 is 0. The summed E-state index contributed by atoms with van der Waals surface area (Å²) in [4.78, 5) is 13.4. The molecule has 0 aliphatic carbocycles. The van der Waals surface area contributed by atoms with Gasteiger partial charge in [-0.25, -0.2) is 0 Å². The molecule has 5 nitrogen and oxygen atoms in total. The van der Waals surface area contributed by atoms with E-state index >= 15 is 0 Å². The molecule has 4 rings (SSSR count). The lowest BCUT2D eigenvalue weighted by Gasteiger charge is -2.47. The second-order valence-electron chi connectivity index (χ2n) is 14.6. The molecule has 0 aromatic heterocycles.